The van der Waals surface area contributed by atoms with Gasteiger partial charge in [-0.3, -0.25) is 9.89 Å². The lowest BCUT2D eigenvalue weighted by Crippen LogP contribution is -2.29. The van der Waals surface area contributed by atoms with Crippen LogP contribution in [0.5, 0.6) is 0 Å². The van der Waals surface area contributed by atoms with Gasteiger partial charge in [-0.05, 0) is 86.9 Å². The van der Waals surface area contributed by atoms with Crippen molar-refractivity contribution >= 4 is 45.6 Å². The van der Waals surface area contributed by atoms with Crippen LogP contribution < -0.4 is 10.6 Å². The number of hydrogen-bond donors (Lipinski definition) is 3. The van der Waals surface area contributed by atoms with Crippen molar-refractivity contribution in [3.8, 4) is 0 Å². The molecule has 6 nitrogen and oxygen atoms in total. The number of carbonyl (C=O) groups excluding carboxylic acids is 1. The molecule has 1 saturated heterocycles. The Bertz CT molecular complexity index is 1310. The van der Waals surface area contributed by atoms with E-state index in [4.69, 9.17) is 11.6 Å². The molecular formula is C26H25ClFN5O. The molecule has 0 bridgehead atoms. The summed E-state index contributed by atoms with van der Waals surface area (Å²) < 4.78 is 14.1. The number of halogens is 2. The van der Waals surface area contributed by atoms with Crippen molar-refractivity contribution in [1.29, 1.82) is 0 Å². The summed E-state index contributed by atoms with van der Waals surface area (Å²) in [5, 5.41) is 14.1. The average Bonchev–Trinajstić information content (AvgIpc) is 3.24. The van der Waals surface area contributed by atoms with E-state index >= 15 is 0 Å². The highest BCUT2D eigenvalue weighted by Crippen LogP contribution is 2.31. The van der Waals surface area contributed by atoms with Gasteiger partial charge in [0.1, 0.15) is 5.82 Å². The second-order valence-electron chi connectivity index (χ2n) is 8.71. The molecule has 34 heavy (non-hydrogen) atoms. The Morgan fingerprint density at radius 3 is 2.62 bits per heavy atom. The van der Waals surface area contributed by atoms with Crippen molar-refractivity contribution in [3.05, 3.63) is 82.6 Å². The third kappa shape index (κ3) is 4.62. The summed E-state index contributed by atoms with van der Waals surface area (Å²) in [5.41, 5.74) is 3.42. The molecule has 1 amide bonds. The van der Waals surface area contributed by atoms with Crippen molar-refractivity contribution < 1.29 is 9.18 Å². The second kappa shape index (κ2) is 9.44. The maximum atomic E-state index is 14.1. The van der Waals surface area contributed by atoms with Gasteiger partial charge in [-0.25, -0.2) is 4.39 Å². The van der Waals surface area contributed by atoms with Gasteiger partial charge >= 0.3 is 0 Å². The first-order valence-electron chi connectivity index (χ1n) is 11.3. The zero-order valence-corrected chi connectivity index (χ0v) is 19.5. The maximum absolute atomic E-state index is 14.1. The molecule has 0 spiro atoms. The van der Waals surface area contributed by atoms with Gasteiger partial charge in [-0.1, -0.05) is 29.8 Å². The van der Waals surface area contributed by atoms with E-state index in [1.807, 2.05) is 18.2 Å². The Kier molecular flexibility index (Phi) is 6.22. The van der Waals surface area contributed by atoms with Gasteiger partial charge in [0.15, 0.2) is 5.82 Å². The number of H-pyrrole nitrogens is 1. The first-order valence-corrected chi connectivity index (χ1v) is 11.6. The highest BCUT2D eigenvalue weighted by molar-refractivity contribution is 6.33. The highest BCUT2D eigenvalue weighted by atomic mass is 35.5. The largest absolute Gasteiger partial charge is 0.352 e. The standard InChI is InChI=1S/C26H25ClFN5O/c1-33-13-11-17(12-14-33)16-5-7-18(8-6-16)26(34)30-25-20-10-9-19(15-23(20)31-32-25)29-24-21(27)3-2-4-22(24)28/h2-10,15,17,29H,11-14H2,1H3,(H2,30,31,32,34). The Labute approximate surface area is 202 Å². The van der Waals surface area contributed by atoms with Crippen LogP contribution in [0.25, 0.3) is 10.9 Å². The summed E-state index contributed by atoms with van der Waals surface area (Å²) in [6.45, 7) is 2.20. The van der Waals surface area contributed by atoms with Crippen LogP contribution in [0.2, 0.25) is 5.02 Å². The lowest BCUT2D eigenvalue weighted by atomic mass is 9.89. The molecule has 0 saturated carbocycles. The van der Waals surface area contributed by atoms with Crippen LogP contribution in [-0.4, -0.2) is 41.1 Å². The number of benzene rings is 3. The SMILES string of the molecule is CN1CCC(c2ccc(C(=O)Nc3n[nH]c4cc(Nc5c(F)cccc5Cl)ccc34)cc2)CC1. The molecule has 3 N–H and O–H groups in total. The predicted molar refractivity (Wildman–Crippen MR) is 135 cm³/mol. The molecule has 3 aromatic carbocycles. The molecule has 0 unspecified atom stereocenters. The minimum Gasteiger partial charge on any atom is -0.352 e. The van der Waals surface area contributed by atoms with E-state index in [0.29, 0.717) is 33.5 Å². The number of nitrogens with one attached hydrogen (secondary N) is 3. The molecule has 174 valence electrons. The summed E-state index contributed by atoms with van der Waals surface area (Å²) in [5.74, 6) is 0.330. The van der Waals surface area contributed by atoms with E-state index in [0.717, 1.165) is 31.3 Å². The molecule has 8 heteroatoms. The van der Waals surface area contributed by atoms with E-state index in [2.05, 4.69) is 44.9 Å². The number of amides is 1. The van der Waals surface area contributed by atoms with E-state index in [9.17, 15) is 9.18 Å². The summed E-state index contributed by atoms with van der Waals surface area (Å²) >= 11 is 6.10. The van der Waals surface area contributed by atoms with Gasteiger partial charge in [0.25, 0.3) is 5.91 Å². The minimum atomic E-state index is -0.438. The van der Waals surface area contributed by atoms with Crippen molar-refractivity contribution in [2.24, 2.45) is 0 Å². The van der Waals surface area contributed by atoms with Crippen LogP contribution in [0.1, 0.15) is 34.7 Å². The molecule has 0 radical (unpaired) electrons. The van der Waals surface area contributed by atoms with Crippen LogP contribution in [0.4, 0.5) is 21.6 Å². The third-order valence-corrected chi connectivity index (χ3v) is 6.70. The summed E-state index contributed by atoms with van der Waals surface area (Å²) in [6, 6.07) is 17.8. The summed E-state index contributed by atoms with van der Waals surface area (Å²) in [6.07, 6.45) is 2.28. The van der Waals surface area contributed by atoms with Crippen LogP contribution in [0.15, 0.2) is 60.7 Å². The zero-order chi connectivity index (χ0) is 23.7. The molecule has 1 aliphatic rings. The summed E-state index contributed by atoms with van der Waals surface area (Å²) in [7, 11) is 2.15. The fourth-order valence-electron chi connectivity index (χ4n) is 4.38. The molecule has 5 rings (SSSR count). The normalized spacial score (nSPS) is 14.9. The van der Waals surface area contributed by atoms with Crippen LogP contribution >= 0.6 is 11.6 Å². The van der Waals surface area contributed by atoms with Crippen LogP contribution in [-0.2, 0) is 0 Å². The van der Waals surface area contributed by atoms with Crippen molar-refractivity contribution in [2.75, 3.05) is 30.8 Å². The monoisotopic (exact) mass is 477 g/mol. The number of carbonyl (C=O) groups is 1. The number of nitrogens with zero attached hydrogens (tertiary/aromatic N) is 2. The number of fused-ring (bicyclic) bond motifs is 1. The number of anilines is 3. The highest BCUT2D eigenvalue weighted by Gasteiger charge is 2.19. The molecule has 1 aliphatic heterocycles. The molecule has 1 fully saturated rings. The Balaban J connectivity index is 1.29. The topological polar surface area (TPSA) is 73.0 Å². The first kappa shape index (κ1) is 22.4. The second-order valence-corrected chi connectivity index (χ2v) is 9.12. The first-order chi connectivity index (χ1) is 16.5. The van der Waals surface area contributed by atoms with Crippen LogP contribution in [0, 0.1) is 5.82 Å². The molecular weight excluding hydrogens is 453 g/mol. The molecule has 0 aliphatic carbocycles. The van der Waals surface area contributed by atoms with E-state index in [-0.39, 0.29) is 11.6 Å². The number of aromatic nitrogens is 2. The van der Waals surface area contributed by atoms with E-state index in [1.54, 1.807) is 24.3 Å². The number of aromatic amines is 1. The molecule has 1 aromatic heterocycles. The number of para-hydroxylation sites is 1. The average molecular weight is 478 g/mol. The molecule has 0 atom stereocenters. The molecule has 4 aromatic rings. The quantitative estimate of drug-likeness (QED) is 0.322. The molecule has 2 heterocycles. The lowest BCUT2D eigenvalue weighted by Gasteiger charge is -2.29. The number of hydrogen-bond acceptors (Lipinski definition) is 4. The van der Waals surface area contributed by atoms with Gasteiger partial charge < -0.3 is 15.5 Å². The Hall–Kier alpha value is -3.42. The predicted octanol–water partition coefficient (Wildman–Crippen LogP) is 6.16. The van der Waals surface area contributed by atoms with Crippen molar-refractivity contribution in [3.63, 3.8) is 0 Å². The van der Waals surface area contributed by atoms with Gasteiger partial charge in [0.2, 0.25) is 0 Å². The zero-order valence-electron chi connectivity index (χ0n) is 18.7. The van der Waals surface area contributed by atoms with Crippen LogP contribution in [0.3, 0.4) is 0 Å². The number of likely N-dealkylation sites (tertiary alicyclic amines) is 1. The van der Waals surface area contributed by atoms with Gasteiger partial charge in [0.05, 0.1) is 16.2 Å². The smallest absolute Gasteiger partial charge is 0.256 e. The van der Waals surface area contributed by atoms with Gasteiger partial charge in [-0.15, -0.1) is 0 Å². The minimum absolute atomic E-state index is 0.209. The van der Waals surface area contributed by atoms with Crippen molar-refractivity contribution in [1.82, 2.24) is 15.1 Å². The van der Waals surface area contributed by atoms with Gasteiger partial charge in [-0.2, -0.15) is 5.10 Å². The lowest BCUT2D eigenvalue weighted by molar-refractivity contribution is 0.102. The Morgan fingerprint density at radius 1 is 1.12 bits per heavy atom. The van der Waals surface area contributed by atoms with Crippen molar-refractivity contribution in [2.45, 2.75) is 18.8 Å². The fraction of sp³-hybridized carbons (Fsp3) is 0.231. The Morgan fingerprint density at radius 2 is 1.88 bits per heavy atom. The third-order valence-electron chi connectivity index (χ3n) is 6.39. The van der Waals surface area contributed by atoms with E-state index in [1.165, 1.54) is 11.6 Å². The fourth-order valence-corrected chi connectivity index (χ4v) is 4.59. The van der Waals surface area contributed by atoms with E-state index < -0.39 is 5.82 Å². The summed E-state index contributed by atoms with van der Waals surface area (Å²) in [4.78, 5) is 15.2. The van der Waals surface area contributed by atoms with Gasteiger partial charge in [0, 0.05) is 16.6 Å². The number of rotatable bonds is 5. The number of piperidine rings is 1. The maximum Gasteiger partial charge on any atom is 0.256 e.